The second-order valence-corrected chi connectivity index (χ2v) is 5.02. The van der Waals surface area contributed by atoms with Crippen LogP contribution in [0.5, 0.6) is 0 Å². The lowest BCUT2D eigenvalue weighted by atomic mass is 9.84. The maximum Gasteiger partial charge on any atom is 0.323 e. The fraction of sp³-hybridized carbons (Fsp3) is 0.500. The van der Waals surface area contributed by atoms with Crippen LogP contribution in [0.15, 0.2) is 30.3 Å². The van der Waals surface area contributed by atoms with Gasteiger partial charge in [-0.25, -0.2) is 0 Å². The molecular weight excluding hydrogens is 254 g/mol. The molecule has 0 radical (unpaired) electrons. The van der Waals surface area contributed by atoms with E-state index in [1.807, 2.05) is 44.2 Å². The summed E-state index contributed by atoms with van der Waals surface area (Å²) < 4.78 is 0. The number of aliphatic carboxylic acids is 1. The summed E-state index contributed by atoms with van der Waals surface area (Å²) in [4.78, 5) is 25.0. The molecule has 0 aliphatic carbocycles. The zero-order valence-electron chi connectivity index (χ0n) is 12.4. The second kappa shape index (κ2) is 7.68. The molecule has 1 rings (SSSR count). The lowest BCUT2D eigenvalue weighted by molar-refractivity contribution is -0.145. The Hall–Kier alpha value is -1.84. The van der Waals surface area contributed by atoms with E-state index in [4.69, 9.17) is 5.11 Å². The summed E-state index contributed by atoms with van der Waals surface area (Å²) in [6.45, 7) is 6.05. The quantitative estimate of drug-likeness (QED) is 0.833. The van der Waals surface area contributed by atoms with E-state index in [-0.39, 0.29) is 24.3 Å². The maximum atomic E-state index is 12.7. The fourth-order valence-corrected chi connectivity index (χ4v) is 2.32. The maximum absolute atomic E-state index is 12.7. The number of carbonyl (C=O) groups is 2. The number of likely N-dealkylation sites (N-methyl/N-ethyl adjacent to an activating group) is 1. The number of amides is 1. The Morgan fingerprint density at radius 1 is 1.20 bits per heavy atom. The highest BCUT2D eigenvalue weighted by molar-refractivity contribution is 5.87. The van der Waals surface area contributed by atoms with Crippen LogP contribution in [0, 0.1) is 5.92 Å². The molecule has 0 aliphatic rings. The van der Waals surface area contributed by atoms with Gasteiger partial charge in [0.25, 0.3) is 0 Å². The first-order chi connectivity index (χ1) is 9.51. The monoisotopic (exact) mass is 277 g/mol. The second-order valence-electron chi connectivity index (χ2n) is 5.02. The van der Waals surface area contributed by atoms with Crippen LogP contribution >= 0.6 is 0 Å². The third-order valence-electron chi connectivity index (χ3n) is 3.66. The predicted octanol–water partition coefficient (Wildman–Crippen LogP) is 2.75. The van der Waals surface area contributed by atoms with Crippen LogP contribution in [0.25, 0.3) is 0 Å². The van der Waals surface area contributed by atoms with Gasteiger partial charge in [0.1, 0.15) is 6.54 Å². The van der Waals surface area contributed by atoms with E-state index in [1.54, 1.807) is 6.92 Å². The number of carbonyl (C=O) groups excluding carboxylic acids is 1. The van der Waals surface area contributed by atoms with Crippen molar-refractivity contribution in [3.8, 4) is 0 Å². The molecule has 20 heavy (non-hydrogen) atoms. The summed E-state index contributed by atoms with van der Waals surface area (Å²) in [5.41, 5.74) is 0.954. The van der Waals surface area contributed by atoms with Crippen molar-refractivity contribution < 1.29 is 14.7 Å². The van der Waals surface area contributed by atoms with Crippen molar-refractivity contribution in [1.29, 1.82) is 0 Å². The van der Waals surface area contributed by atoms with Crippen LogP contribution < -0.4 is 0 Å². The summed E-state index contributed by atoms with van der Waals surface area (Å²) in [5, 5.41) is 8.92. The van der Waals surface area contributed by atoms with E-state index >= 15 is 0 Å². The third kappa shape index (κ3) is 4.08. The van der Waals surface area contributed by atoms with Crippen LogP contribution in [-0.4, -0.2) is 35.0 Å². The average molecular weight is 277 g/mol. The Balaban J connectivity index is 3.04. The van der Waals surface area contributed by atoms with E-state index in [2.05, 4.69) is 0 Å². The molecule has 1 N–H and O–H groups in total. The number of hydrogen-bond acceptors (Lipinski definition) is 2. The highest BCUT2D eigenvalue weighted by Crippen LogP contribution is 2.29. The van der Waals surface area contributed by atoms with Crippen molar-refractivity contribution in [2.75, 3.05) is 13.1 Å². The molecule has 2 atom stereocenters. The van der Waals surface area contributed by atoms with Crippen molar-refractivity contribution in [3.63, 3.8) is 0 Å². The smallest absolute Gasteiger partial charge is 0.323 e. The molecular formula is C16H23NO3. The zero-order valence-corrected chi connectivity index (χ0v) is 12.4. The first-order valence-electron chi connectivity index (χ1n) is 7.06. The standard InChI is InChI=1S/C16H23NO3/c1-4-12(3)15(13-9-7-6-8-10-13)16(20)17(5-2)11-14(18)19/h6-10,12,15H,4-5,11H2,1-3H3,(H,18,19). The van der Waals surface area contributed by atoms with Gasteiger partial charge in [-0.2, -0.15) is 0 Å². The molecule has 110 valence electrons. The van der Waals surface area contributed by atoms with E-state index in [1.165, 1.54) is 4.90 Å². The summed E-state index contributed by atoms with van der Waals surface area (Å²) in [6, 6.07) is 9.60. The molecule has 0 heterocycles. The molecule has 0 spiro atoms. The van der Waals surface area contributed by atoms with Gasteiger partial charge in [-0.05, 0) is 18.4 Å². The molecule has 0 bridgehead atoms. The molecule has 0 saturated carbocycles. The minimum Gasteiger partial charge on any atom is -0.480 e. The van der Waals surface area contributed by atoms with Crippen LogP contribution in [-0.2, 0) is 9.59 Å². The number of rotatable bonds is 7. The van der Waals surface area contributed by atoms with E-state index < -0.39 is 5.97 Å². The lowest BCUT2D eigenvalue weighted by Gasteiger charge is -2.28. The largest absolute Gasteiger partial charge is 0.480 e. The van der Waals surface area contributed by atoms with E-state index in [0.29, 0.717) is 6.54 Å². The van der Waals surface area contributed by atoms with Gasteiger partial charge in [0.15, 0.2) is 0 Å². The molecule has 4 nitrogen and oxygen atoms in total. The number of benzene rings is 1. The van der Waals surface area contributed by atoms with Gasteiger partial charge in [-0.1, -0.05) is 50.6 Å². The zero-order chi connectivity index (χ0) is 15.1. The minimum absolute atomic E-state index is 0.101. The minimum atomic E-state index is -0.976. The van der Waals surface area contributed by atoms with Gasteiger partial charge in [-0.3, -0.25) is 9.59 Å². The fourth-order valence-electron chi connectivity index (χ4n) is 2.32. The van der Waals surface area contributed by atoms with Gasteiger partial charge >= 0.3 is 5.97 Å². The highest BCUT2D eigenvalue weighted by atomic mass is 16.4. The van der Waals surface area contributed by atoms with Crippen LogP contribution in [0.3, 0.4) is 0 Å². The molecule has 0 aromatic heterocycles. The number of hydrogen-bond donors (Lipinski definition) is 1. The highest BCUT2D eigenvalue weighted by Gasteiger charge is 2.30. The molecule has 0 aliphatic heterocycles. The number of carboxylic acid groups (broad SMARTS) is 1. The molecule has 1 aromatic carbocycles. The van der Waals surface area contributed by atoms with Crippen LogP contribution in [0.1, 0.15) is 38.7 Å². The lowest BCUT2D eigenvalue weighted by Crippen LogP contribution is -2.40. The van der Waals surface area contributed by atoms with Gasteiger partial charge in [0.2, 0.25) is 5.91 Å². The van der Waals surface area contributed by atoms with Crippen molar-refractivity contribution in [3.05, 3.63) is 35.9 Å². The number of carboxylic acids is 1. The average Bonchev–Trinajstić information content (AvgIpc) is 2.45. The Morgan fingerprint density at radius 2 is 1.80 bits per heavy atom. The Labute approximate surface area is 120 Å². The van der Waals surface area contributed by atoms with Gasteiger partial charge in [-0.15, -0.1) is 0 Å². The molecule has 0 fully saturated rings. The predicted molar refractivity (Wildman–Crippen MR) is 78.5 cm³/mol. The van der Waals surface area contributed by atoms with Crippen LogP contribution in [0.4, 0.5) is 0 Å². The Kier molecular flexibility index (Phi) is 6.22. The summed E-state index contributed by atoms with van der Waals surface area (Å²) in [5.74, 6) is -1.18. The van der Waals surface area contributed by atoms with E-state index in [0.717, 1.165) is 12.0 Å². The Bertz CT molecular complexity index is 444. The van der Waals surface area contributed by atoms with Gasteiger partial charge < -0.3 is 10.0 Å². The Morgan fingerprint density at radius 3 is 2.25 bits per heavy atom. The van der Waals surface area contributed by atoms with E-state index in [9.17, 15) is 9.59 Å². The SMILES string of the molecule is CCC(C)C(C(=O)N(CC)CC(=O)O)c1ccccc1. The van der Waals surface area contributed by atoms with Crippen molar-refractivity contribution in [1.82, 2.24) is 4.90 Å². The van der Waals surface area contributed by atoms with Crippen LogP contribution in [0.2, 0.25) is 0 Å². The molecule has 1 amide bonds. The van der Waals surface area contributed by atoms with Gasteiger partial charge in [0, 0.05) is 6.54 Å². The third-order valence-corrected chi connectivity index (χ3v) is 3.66. The topological polar surface area (TPSA) is 57.6 Å². The normalized spacial score (nSPS) is 13.6. The molecule has 4 heteroatoms. The first kappa shape index (κ1) is 16.2. The summed E-state index contributed by atoms with van der Waals surface area (Å²) in [7, 11) is 0. The summed E-state index contributed by atoms with van der Waals surface area (Å²) in [6.07, 6.45) is 0.871. The van der Waals surface area contributed by atoms with Gasteiger partial charge in [0.05, 0.1) is 5.92 Å². The van der Waals surface area contributed by atoms with Crippen molar-refractivity contribution in [2.45, 2.75) is 33.1 Å². The van der Waals surface area contributed by atoms with Crippen molar-refractivity contribution in [2.24, 2.45) is 5.92 Å². The molecule has 2 unspecified atom stereocenters. The van der Waals surface area contributed by atoms with Crippen molar-refractivity contribution >= 4 is 11.9 Å². The first-order valence-corrected chi connectivity index (χ1v) is 7.06. The molecule has 0 saturated heterocycles. The summed E-state index contributed by atoms with van der Waals surface area (Å²) >= 11 is 0. The number of nitrogens with zero attached hydrogens (tertiary/aromatic N) is 1. The molecule has 1 aromatic rings.